The first-order valence-electron chi connectivity index (χ1n) is 22.1. The molecule has 0 saturated heterocycles. The average Bonchev–Trinajstić information content (AvgIpc) is 3.12. The van der Waals surface area contributed by atoms with Gasteiger partial charge in [0.05, 0.1) is 34.4 Å². The van der Waals surface area contributed by atoms with E-state index in [2.05, 4.69) is 63.8 Å². The van der Waals surface area contributed by atoms with Crippen LogP contribution >= 0.6 is 7.82 Å². The maximum Gasteiger partial charge on any atom is 0.469 e. The van der Waals surface area contributed by atoms with Crippen LogP contribution < -0.4 is 0 Å². The Labute approximate surface area is 338 Å². The zero-order valence-electron chi connectivity index (χ0n) is 36.2. The Morgan fingerprint density at radius 3 is 1.27 bits per heavy atom. The molecule has 3 N–H and O–H groups in total. The third kappa shape index (κ3) is 50.4. The van der Waals surface area contributed by atoms with Gasteiger partial charge >= 0.3 is 19.8 Å². The smallest absolute Gasteiger partial charge is 0.462 e. The minimum atomic E-state index is -4.75. The highest BCUT2D eigenvalue weighted by Crippen LogP contribution is 2.36. The summed E-state index contributed by atoms with van der Waals surface area (Å²) in [6.07, 6.45) is 38.9. The number of ether oxygens (including phenoxy) is 2. The Hall–Kier alpha value is -1.55. The maximum atomic E-state index is 12.4. The molecule has 10 nitrogen and oxygen atoms in total. The Morgan fingerprint density at radius 2 is 0.927 bits per heavy atom. The highest BCUT2D eigenvalue weighted by molar-refractivity contribution is 7.46. The second-order valence-corrected chi connectivity index (χ2v) is 17.2. The average molecular weight is 805 g/mol. The molecule has 0 bridgehead atoms. The van der Waals surface area contributed by atoms with Crippen molar-refractivity contribution in [2.24, 2.45) is 0 Å². The van der Waals surface area contributed by atoms with Gasteiger partial charge in [0, 0.05) is 12.8 Å². The molecular weight excluding hydrogens is 717 g/mol. The van der Waals surface area contributed by atoms with E-state index in [0.29, 0.717) is 12.8 Å². The lowest BCUT2D eigenvalue weighted by Gasteiger charge is -2.21. The van der Waals surface area contributed by atoms with Gasteiger partial charge in [-0.1, -0.05) is 141 Å². The van der Waals surface area contributed by atoms with Crippen LogP contribution in [0.3, 0.4) is 0 Å². The summed E-state index contributed by atoms with van der Waals surface area (Å²) in [5, 5.41) is 8.39. The number of likely N-dealkylation sites (N-methyl/N-ethyl adjacent to an activating group) is 1. The minimum Gasteiger partial charge on any atom is -0.462 e. The van der Waals surface area contributed by atoms with Crippen LogP contribution in [0.2, 0.25) is 0 Å². The lowest BCUT2D eigenvalue weighted by Crippen LogP contribution is -2.36. The van der Waals surface area contributed by atoms with Gasteiger partial charge in [0.25, 0.3) is 0 Å². The molecule has 0 spiro atoms. The number of nitrogens with zero attached hydrogens (tertiary/aromatic N) is 1. The quantitative estimate of drug-likeness (QED) is 0.0183. The lowest BCUT2D eigenvalue weighted by molar-refractivity contribution is -0.870. The summed E-state index contributed by atoms with van der Waals surface area (Å²) in [6, 6.07) is 0. The number of esters is 2. The Bertz CT molecular complexity index is 961. The third-order valence-corrected chi connectivity index (χ3v) is 9.70. The fourth-order valence-electron chi connectivity index (χ4n) is 5.78. The van der Waals surface area contributed by atoms with Crippen LogP contribution in [-0.4, -0.2) is 84.9 Å². The fraction of sp³-hybridized carbons (Fsp3) is 0.864. The summed E-state index contributed by atoms with van der Waals surface area (Å²) >= 11 is 0. The number of rotatable bonds is 38. The standard InChI is InChI=1S/C39H73O8P.C5H14NO/c1-3-5-7-9-11-13-15-17-19-21-23-25-27-29-31-33-38(40)45-35-37(36-46-48(42,43)44)47-39(41)34-32-30-28-26-24-22-20-18-16-14-12-10-8-6-4-2;1-6(2,3)4-5-7/h17-20,37H,3-16,21-36H2,1-2H3,(H2,42,43,44);7H,4-5H2,1-3H3/q;+1/b19-17-,20-18-;/t37-;/m1./s1. The van der Waals surface area contributed by atoms with Gasteiger partial charge in [-0.3, -0.25) is 14.1 Å². The lowest BCUT2D eigenvalue weighted by atomic mass is 10.1. The van der Waals surface area contributed by atoms with Gasteiger partial charge in [-0.15, -0.1) is 0 Å². The van der Waals surface area contributed by atoms with Crippen LogP contribution in [-0.2, 0) is 28.2 Å². The number of hydrogen-bond donors (Lipinski definition) is 3. The van der Waals surface area contributed by atoms with E-state index in [0.717, 1.165) is 75.2 Å². The molecule has 326 valence electrons. The predicted octanol–water partition coefficient (Wildman–Crippen LogP) is 11.3. The number of aliphatic hydroxyl groups is 1. The van der Waals surface area contributed by atoms with Crippen molar-refractivity contribution < 1.29 is 47.5 Å². The highest BCUT2D eigenvalue weighted by Gasteiger charge is 2.23. The summed E-state index contributed by atoms with van der Waals surface area (Å²) in [4.78, 5) is 42.7. The number of phosphoric acid groups is 1. The molecule has 0 unspecified atom stereocenters. The zero-order valence-corrected chi connectivity index (χ0v) is 37.1. The van der Waals surface area contributed by atoms with Gasteiger partial charge in [0.15, 0.2) is 6.10 Å². The Morgan fingerprint density at radius 1 is 0.564 bits per heavy atom. The summed E-state index contributed by atoms with van der Waals surface area (Å²) in [6.45, 7) is 4.77. The van der Waals surface area contributed by atoms with Crippen LogP contribution in [0.15, 0.2) is 24.3 Å². The largest absolute Gasteiger partial charge is 0.469 e. The number of allylic oxidation sites excluding steroid dienone is 4. The van der Waals surface area contributed by atoms with Gasteiger partial charge in [0.2, 0.25) is 0 Å². The molecule has 0 heterocycles. The first kappa shape index (κ1) is 55.5. The van der Waals surface area contributed by atoms with Crippen molar-refractivity contribution in [1.82, 2.24) is 0 Å². The normalized spacial score (nSPS) is 12.6. The zero-order chi connectivity index (χ0) is 41.3. The third-order valence-electron chi connectivity index (χ3n) is 9.21. The second kappa shape index (κ2) is 40.6. The van der Waals surface area contributed by atoms with E-state index in [9.17, 15) is 14.2 Å². The molecule has 11 heteroatoms. The van der Waals surface area contributed by atoms with Crippen LogP contribution in [0.4, 0.5) is 0 Å². The molecular formula is C44H87NO9P+. The van der Waals surface area contributed by atoms with Crippen LogP contribution in [0, 0.1) is 0 Å². The topological polar surface area (TPSA) is 140 Å². The van der Waals surface area contributed by atoms with Gasteiger partial charge < -0.3 is 28.9 Å². The number of hydrogen-bond acceptors (Lipinski definition) is 7. The van der Waals surface area contributed by atoms with E-state index in [1.807, 2.05) is 0 Å². The maximum absolute atomic E-state index is 12.4. The Kier molecular flexibility index (Phi) is 41.0. The first-order valence-corrected chi connectivity index (χ1v) is 23.6. The van der Waals surface area contributed by atoms with E-state index in [4.69, 9.17) is 24.4 Å². The molecule has 1 atom stereocenters. The molecule has 55 heavy (non-hydrogen) atoms. The molecule has 0 aromatic heterocycles. The molecule has 0 aromatic carbocycles. The number of unbranched alkanes of at least 4 members (excludes halogenated alkanes) is 22. The molecule has 0 aromatic rings. The summed E-state index contributed by atoms with van der Waals surface area (Å²) in [5.74, 6) is -0.901. The molecule has 0 rings (SSSR count). The predicted molar refractivity (Wildman–Crippen MR) is 228 cm³/mol. The molecule has 0 aliphatic heterocycles. The molecule has 0 aliphatic carbocycles. The van der Waals surface area contributed by atoms with Crippen molar-refractivity contribution in [3.63, 3.8) is 0 Å². The SMILES string of the molecule is CCCCCCCC/C=C\CCCCCCCC(=O)OC[C@H](COP(=O)(O)O)OC(=O)CCCCCCC/C=C\CCCCCCCC.C[N+](C)(C)CCO. The molecule has 0 aliphatic rings. The number of carbonyl (C=O) groups is 2. The van der Waals surface area contributed by atoms with E-state index >= 15 is 0 Å². The molecule has 0 radical (unpaired) electrons. The van der Waals surface area contributed by atoms with E-state index < -0.39 is 32.5 Å². The number of quaternary nitrogens is 1. The van der Waals surface area contributed by atoms with Crippen LogP contribution in [0.1, 0.15) is 194 Å². The second-order valence-electron chi connectivity index (χ2n) is 16.0. The van der Waals surface area contributed by atoms with Crippen molar-refractivity contribution in [1.29, 1.82) is 0 Å². The number of phosphoric ester groups is 1. The van der Waals surface area contributed by atoms with Crippen molar-refractivity contribution in [3.8, 4) is 0 Å². The van der Waals surface area contributed by atoms with Crippen molar-refractivity contribution in [2.45, 2.75) is 200 Å². The number of aliphatic hydroxyl groups excluding tert-OH is 1. The molecule has 0 amide bonds. The monoisotopic (exact) mass is 805 g/mol. The Balaban J connectivity index is 0. The van der Waals surface area contributed by atoms with Crippen molar-refractivity contribution in [3.05, 3.63) is 24.3 Å². The first-order chi connectivity index (χ1) is 26.3. The van der Waals surface area contributed by atoms with E-state index in [1.165, 1.54) is 89.9 Å². The molecule has 0 fully saturated rings. The van der Waals surface area contributed by atoms with E-state index in [-0.39, 0.29) is 26.1 Å². The summed E-state index contributed by atoms with van der Waals surface area (Å²) in [7, 11) is 1.40. The van der Waals surface area contributed by atoms with Crippen LogP contribution in [0.25, 0.3) is 0 Å². The van der Waals surface area contributed by atoms with Gasteiger partial charge in [-0.2, -0.15) is 0 Å². The van der Waals surface area contributed by atoms with Gasteiger partial charge in [-0.05, 0) is 64.2 Å². The van der Waals surface area contributed by atoms with Gasteiger partial charge in [-0.25, -0.2) is 4.57 Å². The highest BCUT2D eigenvalue weighted by atomic mass is 31.2. The van der Waals surface area contributed by atoms with Crippen molar-refractivity contribution in [2.75, 3.05) is 47.5 Å². The fourth-order valence-corrected chi connectivity index (χ4v) is 6.14. The van der Waals surface area contributed by atoms with Crippen LogP contribution in [0.5, 0.6) is 0 Å². The summed E-state index contributed by atoms with van der Waals surface area (Å²) < 4.78 is 27.2. The van der Waals surface area contributed by atoms with Gasteiger partial charge in [0.1, 0.15) is 13.2 Å². The minimum absolute atomic E-state index is 0.202. The van der Waals surface area contributed by atoms with E-state index in [1.54, 1.807) is 0 Å². The number of carbonyl (C=O) groups excluding carboxylic acids is 2. The van der Waals surface area contributed by atoms with Crippen molar-refractivity contribution >= 4 is 19.8 Å². The summed E-state index contributed by atoms with van der Waals surface area (Å²) in [5.41, 5.74) is 0. The molecule has 0 saturated carbocycles.